The van der Waals surface area contributed by atoms with Gasteiger partial charge in [-0.1, -0.05) is 39.0 Å². The van der Waals surface area contributed by atoms with Crippen molar-refractivity contribution in [3.63, 3.8) is 0 Å². The number of ether oxygens (including phenoxy) is 4. The normalized spacial score (nSPS) is 16.5. The number of carbonyl (C=O) groups is 1. The van der Waals surface area contributed by atoms with Crippen LogP contribution in [0.25, 0.3) is 22.5 Å². The lowest BCUT2D eigenvalue weighted by Crippen LogP contribution is -2.30. The van der Waals surface area contributed by atoms with Crippen LogP contribution in [0.15, 0.2) is 55.0 Å². The topological polar surface area (TPSA) is 92.7 Å². The highest BCUT2D eigenvalue weighted by Crippen LogP contribution is 2.31. The van der Waals surface area contributed by atoms with Crippen molar-refractivity contribution >= 4 is 5.97 Å². The minimum absolute atomic E-state index is 0.174. The lowest BCUT2D eigenvalue weighted by molar-refractivity contribution is -0.162. The van der Waals surface area contributed by atoms with Gasteiger partial charge in [0.1, 0.15) is 5.75 Å². The van der Waals surface area contributed by atoms with Crippen molar-refractivity contribution in [3.8, 4) is 34.1 Å². The van der Waals surface area contributed by atoms with Crippen LogP contribution in [0.2, 0.25) is 0 Å². The maximum atomic E-state index is 12.4. The molecule has 1 aliphatic heterocycles. The van der Waals surface area contributed by atoms with Crippen LogP contribution in [-0.2, 0) is 14.3 Å². The highest BCUT2D eigenvalue weighted by atomic mass is 16.8. The van der Waals surface area contributed by atoms with Crippen LogP contribution in [0, 0.1) is 0 Å². The van der Waals surface area contributed by atoms with Crippen molar-refractivity contribution in [2.75, 3.05) is 13.2 Å². The average Bonchev–Trinajstić information content (AvgIpc) is 3.29. The smallest absolute Gasteiger partial charge is 0.343 e. The zero-order valence-corrected chi connectivity index (χ0v) is 21.8. The van der Waals surface area contributed by atoms with E-state index in [0.29, 0.717) is 23.9 Å². The van der Waals surface area contributed by atoms with Gasteiger partial charge in [0.2, 0.25) is 5.88 Å². The molecule has 2 aromatic heterocycles. The van der Waals surface area contributed by atoms with Crippen molar-refractivity contribution in [1.29, 1.82) is 0 Å². The third kappa shape index (κ3) is 7.57. The number of benzene rings is 1. The van der Waals surface area contributed by atoms with E-state index < -0.39 is 17.9 Å². The number of esters is 1. The van der Waals surface area contributed by atoms with Crippen LogP contribution in [-0.4, -0.2) is 46.0 Å². The molecule has 1 fully saturated rings. The van der Waals surface area contributed by atoms with E-state index in [9.17, 15) is 4.79 Å². The SMILES string of the molecule is CCCCCCCCOc1nc(-c2ccc(OC(=O)[C@H]3COC(C)(C)O3)cc2)ccc1-c1cnccn1. The summed E-state index contributed by atoms with van der Waals surface area (Å²) in [6.07, 6.45) is 11.4. The lowest BCUT2D eigenvalue weighted by Gasteiger charge is -2.16. The second-order valence-electron chi connectivity index (χ2n) is 9.52. The maximum absolute atomic E-state index is 12.4. The van der Waals surface area contributed by atoms with Gasteiger partial charge >= 0.3 is 5.97 Å². The molecule has 0 radical (unpaired) electrons. The Kier molecular flexibility index (Phi) is 9.19. The molecular formula is C29H35N3O5. The first-order valence-electron chi connectivity index (χ1n) is 13.0. The maximum Gasteiger partial charge on any atom is 0.343 e. The molecule has 3 heterocycles. The van der Waals surface area contributed by atoms with Gasteiger partial charge in [-0.3, -0.25) is 9.97 Å². The predicted octanol–water partition coefficient (Wildman–Crippen LogP) is 6.00. The monoisotopic (exact) mass is 505 g/mol. The molecule has 1 saturated heterocycles. The fraction of sp³-hybridized carbons (Fsp3) is 0.448. The summed E-state index contributed by atoms with van der Waals surface area (Å²) in [7, 11) is 0. The first kappa shape index (κ1) is 26.7. The van der Waals surface area contributed by atoms with E-state index in [1.807, 2.05) is 24.3 Å². The van der Waals surface area contributed by atoms with Crippen LogP contribution in [0.3, 0.4) is 0 Å². The van der Waals surface area contributed by atoms with Gasteiger partial charge in [-0.15, -0.1) is 0 Å². The van der Waals surface area contributed by atoms with Gasteiger partial charge in [0.15, 0.2) is 11.9 Å². The minimum atomic E-state index is -0.786. The fourth-order valence-corrected chi connectivity index (χ4v) is 4.07. The molecule has 0 bridgehead atoms. The molecule has 0 N–H and O–H groups in total. The van der Waals surface area contributed by atoms with Crippen molar-refractivity contribution < 1.29 is 23.7 Å². The van der Waals surface area contributed by atoms with Crippen LogP contribution >= 0.6 is 0 Å². The number of nitrogens with zero attached hydrogens (tertiary/aromatic N) is 3. The molecule has 37 heavy (non-hydrogen) atoms. The van der Waals surface area contributed by atoms with Gasteiger partial charge in [0.05, 0.1) is 36.4 Å². The van der Waals surface area contributed by atoms with Crippen molar-refractivity contribution in [2.24, 2.45) is 0 Å². The Morgan fingerprint density at radius 2 is 1.78 bits per heavy atom. The summed E-state index contributed by atoms with van der Waals surface area (Å²) in [5.74, 6) is -0.304. The van der Waals surface area contributed by atoms with Crippen LogP contribution in [0.4, 0.5) is 0 Å². The summed E-state index contributed by atoms with van der Waals surface area (Å²) in [6.45, 7) is 6.52. The second kappa shape index (κ2) is 12.7. The van der Waals surface area contributed by atoms with Crippen molar-refractivity contribution in [2.45, 2.75) is 71.2 Å². The molecule has 0 unspecified atom stereocenters. The van der Waals surface area contributed by atoms with E-state index in [2.05, 4.69) is 16.9 Å². The average molecular weight is 506 g/mol. The van der Waals surface area contributed by atoms with Gasteiger partial charge in [0, 0.05) is 18.0 Å². The van der Waals surface area contributed by atoms with Gasteiger partial charge in [0.25, 0.3) is 0 Å². The van der Waals surface area contributed by atoms with E-state index in [-0.39, 0.29) is 6.61 Å². The molecule has 196 valence electrons. The largest absolute Gasteiger partial charge is 0.477 e. The Bertz CT molecular complexity index is 1150. The summed E-state index contributed by atoms with van der Waals surface area (Å²) in [4.78, 5) is 25.8. The summed E-state index contributed by atoms with van der Waals surface area (Å²) >= 11 is 0. The van der Waals surface area contributed by atoms with E-state index in [0.717, 1.165) is 29.7 Å². The number of pyridine rings is 1. The third-order valence-electron chi connectivity index (χ3n) is 6.08. The fourth-order valence-electron chi connectivity index (χ4n) is 4.07. The number of aromatic nitrogens is 3. The van der Waals surface area contributed by atoms with Gasteiger partial charge in [-0.2, -0.15) is 0 Å². The first-order valence-corrected chi connectivity index (χ1v) is 13.0. The van der Waals surface area contributed by atoms with Crippen molar-refractivity contribution in [3.05, 3.63) is 55.0 Å². The molecule has 1 atom stereocenters. The van der Waals surface area contributed by atoms with E-state index in [1.165, 1.54) is 25.7 Å². The second-order valence-corrected chi connectivity index (χ2v) is 9.52. The molecule has 8 nitrogen and oxygen atoms in total. The number of rotatable bonds is 12. The molecular weight excluding hydrogens is 470 g/mol. The zero-order valence-electron chi connectivity index (χ0n) is 21.8. The van der Waals surface area contributed by atoms with E-state index >= 15 is 0 Å². The number of hydrogen-bond acceptors (Lipinski definition) is 8. The Balaban J connectivity index is 1.44. The molecule has 8 heteroatoms. The molecule has 0 aliphatic carbocycles. The highest BCUT2D eigenvalue weighted by Gasteiger charge is 2.38. The molecule has 0 saturated carbocycles. The summed E-state index contributed by atoms with van der Waals surface area (Å²) in [6, 6.07) is 11.1. The van der Waals surface area contributed by atoms with Gasteiger partial charge in [-0.05, 0) is 56.7 Å². The highest BCUT2D eigenvalue weighted by molar-refractivity contribution is 5.78. The Morgan fingerprint density at radius 3 is 2.49 bits per heavy atom. The Morgan fingerprint density at radius 1 is 1.00 bits per heavy atom. The van der Waals surface area contributed by atoms with E-state index in [1.54, 1.807) is 44.6 Å². The predicted molar refractivity (Wildman–Crippen MR) is 140 cm³/mol. The summed E-state index contributed by atoms with van der Waals surface area (Å²) in [5, 5.41) is 0. The van der Waals surface area contributed by atoms with Crippen LogP contribution in [0.5, 0.6) is 11.6 Å². The third-order valence-corrected chi connectivity index (χ3v) is 6.08. The molecule has 1 aliphatic rings. The molecule has 1 aromatic carbocycles. The van der Waals surface area contributed by atoms with Gasteiger partial charge in [-0.25, -0.2) is 9.78 Å². The number of hydrogen-bond donors (Lipinski definition) is 0. The first-order chi connectivity index (χ1) is 17.9. The molecule has 4 rings (SSSR count). The Labute approximate surface area is 218 Å². The minimum Gasteiger partial charge on any atom is -0.477 e. The standard InChI is InChI=1S/C29H35N3O5/c1-4-5-6-7-8-9-18-34-27-23(25-19-30-16-17-31-25)14-15-24(32-27)21-10-12-22(13-11-21)36-28(33)26-20-35-29(2,3)37-26/h10-17,19,26H,4-9,18,20H2,1-3H3/t26-/m1/s1. The van der Waals surface area contributed by atoms with Gasteiger partial charge < -0.3 is 18.9 Å². The lowest BCUT2D eigenvalue weighted by atomic mass is 10.1. The number of unbranched alkanes of at least 4 members (excludes halogenated alkanes) is 5. The molecule has 3 aromatic rings. The summed E-state index contributed by atoms with van der Waals surface area (Å²) in [5.41, 5.74) is 3.13. The van der Waals surface area contributed by atoms with Crippen LogP contribution in [0.1, 0.15) is 59.3 Å². The quantitative estimate of drug-likeness (QED) is 0.168. The molecule has 0 amide bonds. The van der Waals surface area contributed by atoms with Crippen molar-refractivity contribution in [1.82, 2.24) is 15.0 Å². The zero-order chi connectivity index (χ0) is 26.1. The molecule has 0 spiro atoms. The summed E-state index contributed by atoms with van der Waals surface area (Å²) < 4.78 is 22.6. The number of carbonyl (C=O) groups excluding carboxylic acids is 1. The Hall–Kier alpha value is -3.36. The van der Waals surface area contributed by atoms with Crippen LogP contribution < -0.4 is 9.47 Å². The van der Waals surface area contributed by atoms with E-state index in [4.69, 9.17) is 23.9 Å².